The summed E-state index contributed by atoms with van der Waals surface area (Å²) in [5, 5.41) is 18.2. The molecule has 0 radical (unpaired) electrons. The van der Waals surface area contributed by atoms with Crippen molar-refractivity contribution >= 4 is 11.4 Å². The van der Waals surface area contributed by atoms with E-state index < -0.39 is 0 Å². The fourth-order valence-corrected chi connectivity index (χ4v) is 1.47. The van der Waals surface area contributed by atoms with Crippen molar-refractivity contribution in [1.29, 1.82) is 5.39 Å². The molecule has 0 heterocycles. The summed E-state index contributed by atoms with van der Waals surface area (Å²) in [4.78, 5) is 5.89. The lowest BCUT2D eigenvalue weighted by Gasteiger charge is -1.87. The minimum absolute atomic E-state index is 0.0217. The van der Waals surface area contributed by atoms with Crippen LogP contribution in [0, 0.1) is 5.39 Å². The van der Waals surface area contributed by atoms with E-state index in [0.717, 1.165) is 0 Å². The number of hydrogen-bond acceptors (Lipinski definition) is 2. The van der Waals surface area contributed by atoms with Gasteiger partial charge in [-0.15, -0.1) is 0 Å². The van der Waals surface area contributed by atoms with Crippen molar-refractivity contribution in [2.24, 2.45) is 0 Å². The van der Waals surface area contributed by atoms with Crippen LogP contribution in [0.4, 0.5) is 0 Å². The largest absolute Gasteiger partial charge is 0.496 e. The molecular formula is C9H5N4O+. The third-order valence-electron chi connectivity index (χ3n) is 2.09. The first kappa shape index (κ1) is 8.17. The Hall–Kier alpha value is -2.44. The number of aliphatic hydroxyl groups excluding tert-OH is 1. The van der Waals surface area contributed by atoms with Crippen molar-refractivity contribution in [2.75, 3.05) is 0 Å². The Kier molecular flexibility index (Phi) is 1.64. The molecule has 0 aliphatic heterocycles. The SMILES string of the molecule is N#[N+]C1=C(O)C(=[N+]=[N-])c2ccccc21. The lowest BCUT2D eigenvalue weighted by Crippen LogP contribution is -2.00. The molecule has 0 saturated heterocycles. The Morgan fingerprint density at radius 3 is 2.43 bits per heavy atom. The van der Waals surface area contributed by atoms with E-state index in [2.05, 4.69) is 9.77 Å². The Balaban J connectivity index is 2.84. The summed E-state index contributed by atoms with van der Waals surface area (Å²) in [5.41, 5.74) is 9.79. The van der Waals surface area contributed by atoms with Gasteiger partial charge in [0.25, 0.3) is 0 Å². The van der Waals surface area contributed by atoms with Crippen LogP contribution < -0.4 is 0 Å². The number of diazo groups is 1. The molecule has 0 bridgehead atoms. The second-order valence-corrected chi connectivity index (χ2v) is 2.79. The maximum atomic E-state index is 9.51. The topological polar surface area (TPSA) is 84.8 Å². The van der Waals surface area contributed by atoms with Gasteiger partial charge in [-0.25, -0.2) is 0 Å². The maximum absolute atomic E-state index is 9.51. The van der Waals surface area contributed by atoms with Crippen LogP contribution in [0.5, 0.6) is 0 Å². The zero-order valence-electron chi connectivity index (χ0n) is 7.05. The third kappa shape index (κ3) is 0.859. The molecule has 5 heteroatoms. The lowest BCUT2D eigenvalue weighted by atomic mass is 10.1. The normalized spacial score (nSPS) is 13.5. The highest BCUT2D eigenvalue weighted by atomic mass is 16.3. The average Bonchev–Trinajstić information content (AvgIpc) is 2.49. The highest BCUT2D eigenvalue weighted by Crippen LogP contribution is 2.31. The molecule has 2 rings (SSSR count). The third-order valence-corrected chi connectivity index (χ3v) is 2.09. The first-order valence-electron chi connectivity index (χ1n) is 3.90. The van der Waals surface area contributed by atoms with Crippen LogP contribution in [0.2, 0.25) is 0 Å². The van der Waals surface area contributed by atoms with E-state index in [1.165, 1.54) is 0 Å². The van der Waals surface area contributed by atoms with Gasteiger partial charge in [0.1, 0.15) is 0 Å². The van der Waals surface area contributed by atoms with Gasteiger partial charge in [0, 0.05) is 0 Å². The molecule has 0 atom stereocenters. The number of fused-ring (bicyclic) bond motifs is 1. The van der Waals surface area contributed by atoms with E-state index in [1.54, 1.807) is 24.3 Å². The summed E-state index contributed by atoms with van der Waals surface area (Å²) >= 11 is 0. The number of nitrogens with zero attached hydrogens (tertiary/aromatic N) is 4. The number of aliphatic hydroxyl groups is 1. The van der Waals surface area contributed by atoms with E-state index in [4.69, 9.17) is 10.9 Å². The van der Waals surface area contributed by atoms with Crippen LogP contribution in [0.25, 0.3) is 16.2 Å². The van der Waals surface area contributed by atoms with Crippen LogP contribution >= 0.6 is 0 Å². The van der Waals surface area contributed by atoms with E-state index in [0.29, 0.717) is 11.1 Å². The molecule has 1 aromatic rings. The molecule has 5 nitrogen and oxygen atoms in total. The molecule has 0 aromatic heterocycles. The lowest BCUT2D eigenvalue weighted by molar-refractivity contribution is -0.00590. The monoisotopic (exact) mass is 185 g/mol. The van der Waals surface area contributed by atoms with E-state index >= 15 is 0 Å². The van der Waals surface area contributed by atoms with Gasteiger partial charge in [0.15, 0.2) is 4.98 Å². The second kappa shape index (κ2) is 2.80. The molecular weight excluding hydrogens is 180 g/mol. The maximum Gasteiger partial charge on any atom is 0.442 e. The molecule has 0 amide bonds. The predicted octanol–water partition coefficient (Wildman–Crippen LogP) is 1.80. The molecule has 1 aliphatic carbocycles. The van der Waals surface area contributed by atoms with Crippen molar-refractivity contribution in [2.45, 2.75) is 0 Å². The van der Waals surface area contributed by atoms with Gasteiger partial charge in [-0.2, -0.15) is 4.79 Å². The van der Waals surface area contributed by atoms with Crippen LogP contribution in [0.15, 0.2) is 30.0 Å². The number of hydrogen-bond donors (Lipinski definition) is 1. The summed E-state index contributed by atoms with van der Waals surface area (Å²) in [6.07, 6.45) is 0. The van der Waals surface area contributed by atoms with Crippen LogP contribution in [-0.2, 0) is 0 Å². The van der Waals surface area contributed by atoms with Gasteiger partial charge in [-0.05, 0) is 12.1 Å². The van der Waals surface area contributed by atoms with E-state index in [9.17, 15) is 5.11 Å². The van der Waals surface area contributed by atoms with Gasteiger partial charge in [0.05, 0.1) is 11.1 Å². The number of rotatable bonds is 0. The van der Waals surface area contributed by atoms with Gasteiger partial charge >= 0.3 is 17.2 Å². The molecule has 0 spiro atoms. The molecule has 1 N–H and O–H groups in total. The average molecular weight is 185 g/mol. The van der Waals surface area contributed by atoms with Gasteiger partial charge in [0.2, 0.25) is 5.39 Å². The first-order valence-corrected chi connectivity index (χ1v) is 3.90. The summed E-state index contributed by atoms with van der Waals surface area (Å²) < 4.78 is 0. The van der Waals surface area contributed by atoms with Gasteiger partial charge in [-0.1, -0.05) is 12.1 Å². The first-order chi connectivity index (χ1) is 6.79. The van der Waals surface area contributed by atoms with Crippen molar-refractivity contribution < 1.29 is 9.90 Å². The highest BCUT2D eigenvalue weighted by Gasteiger charge is 2.42. The minimum Gasteiger partial charge on any atom is -0.496 e. The molecule has 1 aliphatic rings. The van der Waals surface area contributed by atoms with Gasteiger partial charge < -0.3 is 10.6 Å². The van der Waals surface area contributed by atoms with Crippen LogP contribution in [-0.4, -0.2) is 15.6 Å². The van der Waals surface area contributed by atoms with Crippen molar-refractivity contribution in [3.8, 4) is 0 Å². The zero-order valence-corrected chi connectivity index (χ0v) is 7.05. The van der Waals surface area contributed by atoms with Crippen molar-refractivity contribution in [1.82, 2.24) is 0 Å². The Bertz CT molecular complexity index is 532. The Morgan fingerprint density at radius 2 is 1.86 bits per heavy atom. The molecule has 0 saturated carbocycles. The molecule has 0 unspecified atom stereocenters. The van der Waals surface area contributed by atoms with E-state index in [-0.39, 0.29) is 17.2 Å². The van der Waals surface area contributed by atoms with Crippen molar-refractivity contribution in [3.05, 3.63) is 51.7 Å². The summed E-state index contributed by atoms with van der Waals surface area (Å²) in [6, 6.07) is 6.80. The number of benzene rings is 1. The predicted molar refractivity (Wildman–Crippen MR) is 48.8 cm³/mol. The zero-order chi connectivity index (χ0) is 10.1. The fraction of sp³-hybridized carbons (Fsp3) is 0. The highest BCUT2D eigenvalue weighted by molar-refractivity contribution is 6.19. The van der Waals surface area contributed by atoms with E-state index in [1.807, 2.05) is 0 Å². The van der Waals surface area contributed by atoms with Crippen LogP contribution in [0.3, 0.4) is 0 Å². The number of allylic oxidation sites excluding steroid dienone is 1. The molecule has 1 aromatic carbocycles. The molecule has 0 fully saturated rings. The molecule has 14 heavy (non-hydrogen) atoms. The minimum atomic E-state index is -0.323. The standard InChI is InChI=1S/C9H4N4O/c10-12-7-5-3-1-2-4-6(5)8(13-11)9(7)14/h1-4H/p+1. The summed E-state index contributed by atoms with van der Waals surface area (Å²) in [6.45, 7) is 0. The molecule has 66 valence electrons. The quantitative estimate of drug-likeness (QED) is 0.379. The fourth-order valence-electron chi connectivity index (χ4n) is 1.47. The van der Waals surface area contributed by atoms with Crippen LogP contribution in [0.1, 0.15) is 11.1 Å². The second-order valence-electron chi connectivity index (χ2n) is 2.79. The summed E-state index contributed by atoms with van der Waals surface area (Å²) in [5.74, 6) is -0.323. The van der Waals surface area contributed by atoms with Crippen molar-refractivity contribution in [3.63, 3.8) is 0 Å². The summed E-state index contributed by atoms with van der Waals surface area (Å²) in [7, 11) is 0. The van der Waals surface area contributed by atoms with Gasteiger partial charge in [-0.3, -0.25) is 0 Å². The smallest absolute Gasteiger partial charge is 0.442 e. The Morgan fingerprint density at radius 1 is 1.21 bits per heavy atom. The Labute approximate surface area is 79.2 Å².